The molecule has 3 saturated heterocycles. The number of rotatable bonds is 6. The third-order valence-corrected chi connectivity index (χ3v) is 8.74. The Bertz CT molecular complexity index is 991. The van der Waals surface area contributed by atoms with Gasteiger partial charge in [-0.15, -0.1) is 22.7 Å². The van der Waals surface area contributed by atoms with Crippen LogP contribution in [0.3, 0.4) is 0 Å². The predicted molar refractivity (Wildman–Crippen MR) is 119 cm³/mol. The van der Waals surface area contributed by atoms with Crippen molar-refractivity contribution in [1.29, 1.82) is 0 Å². The van der Waals surface area contributed by atoms with E-state index in [0.717, 1.165) is 49.1 Å². The molecule has 6 rings (SSSR count). The Kier molecular flexibility index (Phi) is 5.46. The van der Waals surface area contributed by atoms with Crippen molar-refractivity contribution in [2.75, 3.05) is 19.6 Å². The number of thiophene rings is 2. The number of ether oxygens (including phenoxy) is 1. The number of piperidine rings is 3. The van der Waals surface area contributed by atoms with Crippen molar-refractivity contribution < 1.29 is 23.5 Å². The number of fused-ring (bicyclic) bond motifs is 3. The predicted octanol–water partition coefficient (Wildman–Crippen LogP) is 4.54. The average Bonchev–Trinajstić information content (AvgIpc) is 3.50. The number of aliphatic hydroxyl groups is 1. The van der Waals surface area contributed by atoms with Crippen LogP contribution in [0.1, 0.15) is 28.2 Å². The highest BCUT2D eigenvalue weighted by atomic mass is 32.1. The number of hydrogen-bond acceptors (Lipinski definition) is 5. The fraction of sp³-hybridized carbons (Fsp3) is 0.375. The molecule has 3 aliphatic heterocycles. The Labute approximate surface area is 189 Å². The van der Waals surface area contributed by atoms with Crippen molar-refractivity contribution in [2.24, 2.45) is 5.92 Å². The monoisotopic (exact) mass is 458 g/mol. The van der Waals surface area contributed by atoms with Crippen LogP contribution >= 0.6 is 22.7 Å². The van der Waals surface area contributed by atoms with Gasteiger partial charge in [-0.3, -0.25) is 0 Å². The fourth-order valence-electron chi connectivity index (χ4n) is 5.07. The van der Waals surface area contributed by atoms with E-state index in [-0.39, 0.29) is 11.9 Å². The summed E-state index contributed by atoms with van der Waals surface area (Å²) in [4.78, 5) is 14.6. The first-order valence-corrected chi connectivity index (χ1v) is 12.4. The van der Waals surface area contributed by atoms with Gasteiger partial charge in [0, 0.05) is 24.3 Å². The van der Waals surface area contributed by atoms with Gasteiger partial charge >= 0.3 is 5.97 Å². The number of quaternary nitrogens is 1. The number of nitrogens with zero attached hydrogens (tertiary/aromatic N) is 1. The fourth-order valence-corrected chi connectivity index (χ4v) is 6.78. The molecule has 0 radical (unpaired) electrons. The molecule has 1 N–H and O–H groups in total. The van der Waals surface area contributed by atoms with Crippen molar-refractivity contribution in [1.82, 2.24) is 0 Å². The zero-order chi connectivity index (χ0) is 21.5. The molecule has 2 bridgehead atoms. The summed E-state index contributed by atoms with van der Waals surface area (Å²) in [5.74, 6) is -0.487. The second-order valence-corrected chi connectivity index (χ2v) is 10.6. The number of halogens is 1. The molecule has 0 aliphatic carbocycles. The van der Waals surface area contributed by atoms with Crippen LogP contribution in [0.5, 0.6) is 0 Å². The molecule has 4 nitrogen and oxygen atoms in total. The van der Waals surface area contributed by atoms with Gasteiger partial charge in [0.25, 0.3) is 0 Å². The Hall–Kier alpha value is -2.06. The number of esters is 1. The summed E-state index contributed by atoms with van der Waals surface area (Å²) >= 11 is 2.71. The summed E-state index contributed by atoms with van der Waals surface area (Å²) in [5.41, 5.74) is -0.670. The quantitative estimate of drug-likeness (QED) is 0.436. The molecule has 3 aliphatic rings. The molecule has 3 fully saturated rings. The summed E-state index contributed by atoms with van der Waals surface area (Å²) < 4.78 is 20.2. The van der Waals surface area contributed by atoms with Crippen molar-refractivity contribution in [3.8, 4) is 0 Å². The third kappa shape index (κ3) is 3.84. The lowest BCUT2D eigenvalue weighted by molar-refractivity contribution is -0.958. The normalized spacial score (nSPS) is 25.5. The number of hydrogen-bond donors (Lipinski definition) is 1. The topological polar surface area (TPSA) is 46.5 Å². The molecule has 31 heavy (non-hydrogen) atoms. The van der Waals surface area contributed by atoms with Crippen LogP contribution in [0, 0.1) is 11.7 Å². The van der Waals surface area contributed by atoms with Gasteiger partial charge < -0.3 is 14.3 Å². The Morgan fingerprint density at radius 2 is 1.68 bits per heavy atom. The highest BCUT2D eigenvalue weighted by molar-refractivity contribution is 7.12. The van der Waals surface area contributed by atoms with Crippen LogP contribution in [0.2, 0.25) is 0 Å². The lowest BCUT2D eigenvalue weighted by atomic mass is 9.82. The van der Waals surface area contributed by atoms with Crippen molar-refractivity contribution in [3.63, 3.8) is 0 Å². The molecular weight excluding hydrogens is 433 g/mol. The molecule has 1 aromatic carbocycles. The van der Waals surface area contributed by atoms with Gasteiger partial charge in [-0.2, -0.15) is 0 Å². The SMILES string of the molecule is O=C(O[C@H]1C[N+]2(Cc3ccc(F)cc3)CCC1CC2)C(O)(c1cccs1)c1cccs1. The van der Waals surface area contributed by atoms with Gasteiger partial charge in [0.15, 0.2) is 6.10 Å². The lowest BCUT2D eigenvalue weighted by Gasteiger charge is -2.52. The smallest absolute Gasteiger partial charge is 0.349 e. The zero-order valence-corrected chi connectivity index (χ0v) is 18.7. The van der Waals surface area contributed by atoms with Crippen LogP contribution in [-0.2, 0) is 21.7 Å². The number of benzene rings is 1. The molecule has 0 spiro atoms. The largest absolute Gasteiger partial charge is 0.453 e. The summed E-state index contributed by atoms with van der Waals surface area (Å²) in [5, 5.41) is 15.3. The van der Waals surface area contributed by atoms with E-state index in [4.69, 9.17) is 4.74 Å². The van der Waals surface area contributed by atoms with E-state index in [1.54, 1.807) is 12.1 Å². The number of carbonyl (C=O) groups is 1. The molecule has 0 amide bonds. The Morgan fingerprint density at radius 1 is 1.06 bits per heavy atom. The lowest BCUT2D eigenvalue weighted by Crippen LogP contribution is -2.64. The van der Waals surface area contributed by atoms with Gasteiger partial charge in [-0.25, -0.2) is 9.18 Å². The standard InChI is InChI=1S/C24H25FNO3S2/c25-19-7-5-17(6-8-19)15-26-11-9-18(10-12-26)20(16-26)29-23(27)24(28,21-3-1-13-30-21)22-4-2-14-31-22/h1-8,13-14,18,20,28H,9-12,15-16H2/q+1/t18?,20-,26?/m0/s1. The maximum atomic E-state index is 13.4. The zero-order valence-electron chi connectivity index (χ0n) is 17.1. The highest BCUT2D eigenvalue weighted by Crippen LogP contribution is 2.41. The van der Waals surface area contributed by atoms with E-state index < -0.39 is 11.6 Å². The van der Waals surface area contributed by atoms with E-state index in [2.05, 4.69) is 0 Å². The number of carbonyl (C=O) groups excluding carboxylic acids is 1. The maximum Gasteiger partial charge on any atom is 0.349 e. The average molecular weight is 459 g/mol. The third-order valence-electron chi connectivity index (χ3n) is 6.78. The van der Waals surface area contributed by atoms with Crippen LogP contribution in [0.15, 0.2) is 59.3 Å². The second kappa shape index (κ2) is 8.13. The Morgan fingerprint density at radius 3 is 2.23 bits per heavy atom. The van der Waals surface area contributed by atoms with Crippen LogP contribution < -0.4 is 0 Å². The summed E-state index contributed by atoms with van der Waals surface area (Å²) in [7, 11) is 0. The summed E-state index contributed by atoms with van der Waals surface area (Å²) in [6.07, 6.45) is 1.77. The van der Waals surface area contributed by atoms with E-state index in [1.807, 2.05) is 35.0 Å². The van der Waals surface area contributed by atoms with Gasteiger partial charge in [0.2, 0.25) is 5.60 Å². The second-order valence-electron chi connectivity index (χ2n) is 8.70. The van der Waals surface area contributed by atoms with Crippen LogP contribution in [-0.4, -0.2) is 41.3 Å². The minimum absolute atomic E-state index is 0.220. The molecule has 5 heterocycles. The van der Waals surface area contributed by atoms with Crippen molar-refractivity contribution in [2.45, 2.75) is 31.1 Å². The van der Waals surface area contributed by atoms with E-state index in [1.165, 1.54) is 34.8 Å². The summed E-state index contributed by atoms with van der Waals surface area (Å²) in [6, 6.07) is 13.9. The van der Waals surface area contributed by atoms with Crippen LogP contribution in [0.4, 0.5) is 4.39 Å². The molecule has 1 atom stereocenters. The first kappa shape index (κ1) is 20.8. The molecule has 7 heteroatoms. The van der Waals surface area contributed by atoms with Crippen molar-refractivity contribution >= 4 is 28.6 Å². The molecule has 3 aromatic rings. The van der Waals surface area contributed by atoms with E-state index in [9.17, 15) is 14.3 Å². The van der Waals surface area contributed by atoms with Gasteiger partial charge in [0.05, 0.1) is 22.8 Å². The van der Waals surface area contributed by atoms with Gasteiger partial charge in [0.1, 0.15) is 18.9 Å². The molecule has 0 saturated carbocycles. The van der Waals surface area contributed by atoms with Gasteiger partial charge in [-0.05, 0) is 35.0 Å². The minimum atomic E-state index is -1.77. The Balaban J connectivity index is 1.37. The highest BCUT2D eigenvalue weighted by Gasteiger charge is 2.51. The first-order chi connectivity index (χ1) is 15.0. The first-order valence-electron chi connectivity index (χ1n) is 10.6. The van der Waals surface area contributed by atoms with Crippen molar-refractivity contribution in [3.05, 3.63) is 80.4 Å². The minimum Gasteiger partial charge on any atom is -0.453 e. The molecule has 2 aromatic heterocycles. The van der Waals surface area contributed by atoms with E-state index in [0.29, 0.717) is 15.7 Å². The summed E-state index contributed by atoms with van der Waals surface area (Å²) in [6.45, 7) is 3.62. The van der Waals surface area contributed by atoms with E-state index >= 15 is 0 Å². The molecule has 0 unspecified atom stereocenters. The van der Waals surface area contributed by atoms with Crippen LogP contribution in [0.25, 0.3) is 0 Å². The van der Waals surface area contributed by atoms with Gasteiger partial charge in [-0.1, -0.05) is 24.3 Å². The molecular formula is C24H25FNO3S2+. The maximum absolute atomic E-state index is 13.4. The molecule has 162 valence electrons.